The standard InChI is InChI=1S/C12H9Br2N3O3/c1-2-10-15-9(14)6-11(16-10)20-12-7(13)4-3-5-8(12)17(18)19/h3-6H,2H2,1H3. The number of ether oxygens (including phenoxy) is 1. The Morgan fingerprint density at radius 2 is 2.10 bits per heavy atom. The Kier molecular flexibility index (Phi) is 4.66. The van der Waals surface area contributed by atoms with E-state index in [0.717, 1.165) is 0 Å². The topological polar surface area (TPSA) is 78.2 Å². The van der Waals surface area contributed by atoms with Crippen molar-refractivity contribution >= 4 is 37.5 Å². The summed E-state index contributed by atoms with van der Waals surface area (Å²) in [7, 11) is 0. The van der Waals surface area contributed by atoms with Gasteiger partial charge in [0.2, 0.25) is 11.6 Å². The maximum absolute atomic E-state index is 11.0. The number of nitro benzene ring substituents is 1. The molecule has 0 spiro atoms. The second-order valence-electron chi connectivity index (χ2n) is 3.75. The Labute approximate surface area is 131 Å². The highest BCUT2D eigenvalue weighted by Gasteiger charge is 2.19. The van der Waals surface area contributed by atoms with Gasteiger partial charge in [0.05, 0.1) is 9.40 Å². The predicted molar refractivity (Wildman–Crippen MR) is 80.0 cm³/mol. The number of hydrogen-bond acceptors (Lipinski definition) is 5. The van der Waals surface area contributed by atoms with Gasteiger partial charge < -0.3 is 4.74 Å². The number of benzene rings is 1. The molecule has 0 aliphatic carbocycles. The first-order valence-corrected chi connectivity index (χ1v) is 7.24. The zero-order chi connectivity index (χ0) is 14.7. The third-order valence-electron chi connectivity index (χ3n) is 2.38. The van der Waals surface area contributed by atoms with Crippen molar-refractivity contribution < 1.29 is 9.66 Å². The van der Waals surface area contributed by atoms with E-state index in [4.69, 9.17) is 4.74 Å². The second kappa shape index (κ2) is 6.27. The van der Waals surface area contributed by atoms with Gasteiger partial charge in [-0.2, -0.15) is 4.98 Å². The highest BCUT2D eigenvalue weighted by atomic mass is 79.9. The third kappa shape index (κ3) is 3.31. The number of para-hydroxylation sites is 1. The van der Waals surface area contributed by atoms with Crippen LogP contribution in [0.25, 0.3) is 0 Å². The van der Waals surface area contributed by atoms with Gasteiger partial charge in [-0.15, -0.1) is 0 Å². The Morgan fingerprint density at radius 1 is 1.35 bits per heavy atom. The SMILES string of the molecule is CCc1nc(Br)cc(Oc2c(Br)cccc2[N+](=O)[O-])n1. The van der Waals surface area contributed by atoms with Gasteiger partial charge in [-0.25, -0.2) is 4.98 Å². The highest BCUT2D eigenvalue weighted by Crippen LogP contribution is 2.37. The molecular weight excluding hydrogens is 394 g/mol. The van der Waals surface area contributed by atoms with Crippen molar-refractivity contribution in [3.05, 3.63) is 49.3 Å². The minimum atomic E-state index is -0.503. The normalized spacial score (nSPS) is 10.3. The first-order chi connectivity index (χ1) is 9.51. The van der Waals surface area contributed by atoms with Crippen molar-refractivity contribution in [2.24, 2.45) is 0 Å². The average molecular weight is 403 g/mol. The molecule has 8 heteroatoms. The zero-order valence-electron chi connectivity index (χ0n) is 10.3. The molecule has 0 aliphatic heterocycles. The maximum atomic E-state index is 11.0. The van der Waals surface area contributed by atoms with Gasteiger partial charge in [-0.1, -0.05) is 13.0 Å². The molecule has 1 aromatic carbocycles. The van der Waals surface area contributed by atoms with E-state index in [1.807, 2.05) is 6.92 Å². The number of halogens is 2. The molecule has 1 heterocycles. The molecule has 20 heavy (non-hydrogen) atoms. The van der Waals surface area contributed by atoms with E-state index >= 15 is 0 Å². The van der Waals surface area contributed by atoms with Crippen LogP contribution in [0.15, 0.2) is 33.3 Å². The van der Waals surface area contributed by atoms with Crippen LogP contribution >= 0.6 is 31.9 Å². The van der Waals surface area contributed by atoms with Gasteiger partial charge in [0.25, 0.3) is 0 Å². The first-order valence-electron chi connectivity index (χ1n) is 5.65. The van der Waals surface area contributed by atoms with Crippen molar-refractivity contribution in [1.29, 1.82) is 0 Å². The van der Waals surface area contributed by atoms with Crippen LogP contribution in [0.5, 0.6) is 11.6 Å². The summed E-state index contributed by atoms with van der Waals surface area (Å²) in [6.07, 6.45) is 0.633. The molecular formula is C12H9Br2N3O3. The van der Waals surface area contributed by atoms with Gasteiger partial charge in [0, 0.05) is 18.6 Å². The largest absolute Gasteiger partial charge is 0.430 e. The van der Waals surface area contributed by atoms with E-state index in [2.05, 4.69) is 41.8 Å². The van der Waals surface area contributed by atoms with E-state index in [0.29, 0.717) is 21.3 Å². The van der Waals surface area contributed by atoms with Crippen LogP contribution in [0.2, 0.25) is 0 Å². The summed E-state index contributed by atoms with van der Waals surface area (Å²) < 4.78 is 6.60. The lowest BCUT2D eigenvalue weighted by Crippen LogP contribution is -1.99. The fraction of sp³-hybridized carbons (Fsp3) is 0.167. The third-order valence-corrected chi connectivity index (χ3v) is 3.41. The van der Waals surface area contributed by atoms with Gasteiger partial charge in [-0.3, -0.25) is 10.1 Å². The fourth-order valence-corrected chi connectivity index (χ4v) is 2.34. The molecule has 0 saturated heterocycles. The molecule has 1 aromatic heterocycles. The number of aryl methyl sites for hydroxylation is 1. The summed E-state index contributed by atoms with van der Waals surface area (Å²) in [5, 5.41) is 11.0. The molecule has 0 saturated carbocycles. The van der Waals surface area contributed by atoms with Gasteiger partial charge in [0.1, 0.15) is 10.4 Å². The van der Waals surface area contributed by atoms with E-state index < -0.39 is 4.92 Å². The van der Waals surface area contributed by atoms with Crippen LogP contribution in [0, 0.1) is 10.1 Å². The quantitative estimate of drug-likeness (QED) is 0.433. The minimum absolute atomic E-state index is 0.116. The average Bonchev–Trinajstić information content (AvgIpc) is 2.40. The molecule has 2 aromatic rings. The number of nitro groups is 1. The summed E-state index contributed by atoms with van der Waals surface area (Å²) in [5.74, 6) is 0.952. The van der Waals surface area contributed by atoms with Crippen LogP contribution in [0.3, 0.4) is 0 Å². The van der Waals surface area contributed by atoms with Crippen LogP contribution in [0.1, 0.15) is 12.7 Å². The van der Waals surface area contributed by atoms with Crippen molar-refractivity contribution in [3.8, 4) is 11.6 Å². The molecule has 0 fully saturated rings. The van der Waals surface area contributed by atoms with E-state index in [1.54, 1.807) is 18.2 Å². The molecule has 0 amide bonds. The molecule has 6 nitrogen and oxygen atoms in total. The Balaban J connectivity index is 2.44. The number of rotatable bonds is 4. The number of nitrogens with zero attached hydrogens (tertiary/aromatic N) is 3. The van der Waals surface area contributed by atoms with Crippen molar-refractivity contribution in [2.45, 2.75) is 13.3 Å². The predicted octanol–water partition coefficient (Wildman–Crippen LogP) is 4.26. The molecule has 0 radical (unpaired) electrons. The van der Waals surface area contributed by atoms with Crippen LogP contribution in [-0.2, 0) is 6.42 Å². The summed E-state index contributed by atoms with van der Waals surface area (Å²) >= 11 is 6.50. The lowest BCUT2D eigenvalue weighted by molar-refractivity contribution is -0.385. The summed E-state index contributed by atoms with van der Waals surface area (Å²) in [4.78, 5) is 18.9. The van der Waals surface area contributed by atoms with Crippen molar-refractivity contribution in [2.75, 3.05) is 0 Å². The van der Waals surface area contributed by atoms with Crippen LogP contribution < -0.4 is 4.74 Å². The van der Waals surface area contributed by atoms with E-state index in [9.17, 15) is 10.1 Å². The van der Waals surface area contributed by atoms with Gasteiger partial charge >= 0.3 is 5.69 Å². The highest BCUT2D eigenvalue weighted by molar-refractivity contribution is 9.10. The smallest absolute Gasteiger partial charge is 0.312 e. The van der Waals surface area contributed by atoms with E-state index in [1.165, 1.54) is 6.07 Å². The van der Waals surface area contributed by atoms with Gasteiger partial charge in [0.15, 0.2) is 0 Å². The lowest BCUT2D eigenvalue weighted by atomic mass is 10.3. The molecule has 0 unspecified atom stereocenters. The molecule has 2 rings (SSSR count). The van der Waals surface area contributed by atoms with Gasteiger partial charge in [-0.05, 0) is 37.9 Å². The van der Waals surface area contributed by atoms with Crippen LogP contribution in [-0.4, -0.2) is 14.9 Å². The fourth-order valence-electron chi connectivity index (χ4n) is 1.50. The number of hydrogen-bond donors (Lipinski definition) is 0. The molecule has 0 atom stereocenters. The molecule has 0 N–H and O–H groups in total. The lowest BCUT2D eigenvalue weighted by Gasteiger charge is -2.08. The zero-order valence-corrected chi connectivity index (χ0v) is 13.5. The Bertz CT molecular complexity index is 664. The molecule has 0 bridgehead atoms. The molecule has 0 aliphatic rings. The Hall–Kier alpha value is -1.54. The summed E-state index contributed by atoms with van der Waals surface area (Å²) in [6.45, 7) is 1.91. The van der Waals surface area contributed by atoms with Crippen LogP contribution in [0.4, 0.5) is 5.69 Å². The number of aromatic nitrogens is 2. The van der Waals surface area contributed by atoms with Crippen molar-refractivity contribution in [1.82, 2.24) is 9.97 Å². The first kappa shape index (κ1) is 14.9. The molecule has 104 valence electrons. The Morgan fingerprint density at radius 3 is 2.75 bits per heavy atom. The van der Waals surface area contributed by atoms with E-state index in [-0.39, 0.29) is 17.3 Å². The van der Waals surface area contributed by atoms with Crippen molar-refractivity contribution in [3.63, 3.8) is 0 Å². The summed E-state index contributed by atoms with van der Waals surface area (Å²) in [5.41, 5.74) is -0.132. The monoisotopic (exact) mass is 401 g/mol. The second-order valence-corrected chi connectivity index (χ2v) is 5.41. The summed E-state index contributed by atoms with van der Waals surface area (Å²) in [6, 6.07) is 6.17. The maximum Gasteiger partial charge on any atom is 0.312 e. The minimum Gasteiger partial charge on any atom is -0.430 e.